The van der Waals surface area contributed by atoms with Crippen LogP contribution in [0.1, 0.15) is 28.4 Å². The zero-order chi connectivity index (χ0) is 10.0. The molecule has 0 fully saturated rings. The largest absolute Gasteiger partial charge is 0.481 e. The lowest BCUT2D eigenvalue weighted by Gasteiger charge is -1.98. The highest BCUT2D eigenvalue weighted by Crippen LogP contribution is 2.26. The molecule has 1 aromatic rings. The summed E-state index contributed by atoms with van der Waals surface area (Å²) in [5, 5.41) is 9.37. The number of thiazole rings is 1. The first kappa shape index (κ1) is 10.5. The second-order valence-electron chi connectivity index (χ2n) is 2.75. The number of carboxylic acid groups (broad SMARTS) is 1. The van der Waals surface area contributed by atoms with E-state index in [2.05, 4.69) is 4.98 Å². The molecule has 0 aliphatic carbocycles. The average molecular weight is 220 g/mol. The Hall–Kier alpha value is -0.610. The van der Waals surface area contributed by atoms with Crippen molar-refractivity contribution in [3.63, 3.8) is 0 Å². The third-order valence-corrected chi connectivity index (χ3v) is 3.54. The number of halogens is 1. The molecule has 1 atom stereocenters. The number of nitrogens with zero attached hydrogens (tertiary/aromatic N) is 1. The van der Waals surface area contributed by atoms with E-state index >= 15 is 0 Å². The molecule has 0 spiro atoms. The minimum Gasteiger partial charge on any atom is -0.481 e. The summed E-state index contributed by atoms with van der Waals surface area (Å²) in [5.74, 6) is -0.994. The van der Waals surface area contributed by atoms with Gasteiger partial charge in [-0.2, -0.15) is 0 Å². The zero-order valence-electron chi connectivity index (χ0n) is 7.37. The van der Waals surface area contributed by atoms with Crippen LogP contribution in [0.4, 0.5) is 0 Å². The first-order valence-corrected chi connectivity index (χ1v) is 5.16. The smallest absolute Gasteiger partial charge is 0.313 e. The predicted octanol–water partition coefficient (Wildman–Crippen LogP) is 2.38. The van der Waals surface area contributed by atoms with E-state index in [-0.39, 0.29) is 0 Å². The highest BCUT2D eigenvalue weighted by Gasteiger charge is 2.18. The molecule has 0 radical (unpaired) electrons. The van der Waals surface area contributed by atoms with E-state index in [0.29, 0.717) is 10.9 Å². The fraction of sp³-hybridized carbons (Fsp3) is 0.500. The molecule has 0 aliphatic rings. The van der Waals surface area contributed by atoms with Crippen molar-refractivity contribution < 1.29 is 9.90 Å². The second-order valence-corrected chi connectivity index (χ2v) is 4.14. The Morgan fingerprint density at radius 2 is 2.38 bits per heavy atom. The summed E-state index contributed by atoms with van der Waals surface area (Å²) >= 11 is 7.02. The molecule has 0 aromatic carbocycles. The second kappa shape index (κ2) is 4.07. The highest BCUT2D eigenvalue weighted by atomic mass is 35.5. The van der Waals surface area contributed by atoms with Gasteiger partial charge in [0.25, 0.3) is 0 Å². The van der Waals surface area contributed by atoms with Crippen molar-refractivity contribution in [1.82, 2.24) is 4.98 Å². The Morgan fingerprint density at radius 1 is 1.77 bits per heavy atom. The van der Waals surface area contributed by atoms with E-state index in [9.17, 15) is 4.79 Å². The van der Waals surface area contributed by atoms with Gasteiger partial charge in [-0.05, 0) is 13.8 Å². The van der Waals surface area contributed by atoms with Crippen molar-refractivity contribution in [3.05, 3.63) is 15.6 Å². The summed E-state index contributed by atoms with van der Waals surface area (Å²) in [6.07, 6.45) is 0. The number of hydrogen-bond acceptors (Lipinski definition) is 3. The van der Waals surface area contributed by atoms with Gasteiger partial charge in [0.15, 0.2) is 0 Å². The van der Waals surface area contributed by atoms with Crippen LogP contribution in [-0.2, 0) is 10.7 Å². The van der Waals surface area contributed by atoms with Gasteiger partial charge in [-0.1, -0.05) is 0 Å². The first-order valence-electron chi connectivity index (χ1n) is 3.81. The Labute approximate surface area is 85.4 Å². The van der Waals surface area contributed by atoms with Gasteiger partial charge in [-0.15, -0.1) is 22.9 Å². The Kier molecular flexibility index (Phi) is 3.27. The summed E-state index contributed by atoms with van der Waals surface area (Å²) < 4.78 is 0. The molecule has 0 saturated heterocycles. The quantitative estimate of drug-likeness (QED) is 0.795. The molecule has 1 heterocycles. The molecule has 1 N–H and O–H groups in total. The third-order valence-electron chi connectivity index (χ3n) is 1.77. The molecule has 72 valence electrons. The maximum absolute atomic E-state index is 10.6. The van der Waals surface area contributed by atoms with Crippen molar-refractivity contribution in [1.29, 1.82) is 0 Å². The maximum atomic E-state index is 10.6. The van der Waals surface area contributed by atoms with Gasteiger partial charge in [-0.3, -0.25) is 4.79 Å². The number of aryl methyl sites for hydroxylation is 1. The first-order chi connectivity index (χ1) is 6.06. The Morgan fingerprint density at radius 3 is 2.77 bits per heavy atom. The topological polar surface area (TPSA) is 50.2 Å². The SMILES string of the molecule is Cc1nc(C(C)C(=O)O)sc1CCl. The number of rotatable bonds is 3. The van der Waals surface area contributed by atoms with Gasteiger partial charge >= 0.3 is 5.97 Å². The minimum atomic E-state index is -0.852. The van der Waals surface area contributed by atoms with Crippen LogP contribution in [0.2, 0.25) is 0 Å². The Bertz CT molecular complexity index is 324. The minimum absolute atomic E-state index is 0.399. The molecule has 5 heteroatoms. The number of hydrogen-bond donors (Lipinski definition) is 1. The predicted molar refractivity (Wildman–Crippen MR) is 52.5 cm³/mol. The summed E-state index contributed by atoms with van der Waals surface area (Å²) in [7, 11) is 0. The monoisotopic (exact) mass is 219 g/mol. The summed E-state index contributed by atoms with van der Waals surface area (Å²) in [6.45, 7) is 3.46. The molecule has 3 nitrogen and oxygen atoms in total. The maximum Gasteiger partial charge on any atom is 0.313 e. The number of aromatic nitrogens is 1. The fourth-order valence-corrected chi connectivity index (χ4v) is 2.18. The van der Waals surface area contributed by atoms with Crippen LogP contribution in [-0.4, -0.2) is 16.1 Å². The van der Waals surface area contributed by atoms with Crippen LogP contribution < -0.4 is 0 Å². The lowest BCUT2D eigenvalue weighted by molar-refractivity contribution is -0.138. The van der Waals surface area contributed by atoms with E-state index < -0.39 is 11.9 Å². The average Bonchev–Trinajstić information content (AvgIpc) is 2.45. The van der Waals surface area contributed by atoms with Crippen molar-refractivity contribution in [3.8, 4) is 0 Å². The molecular formula is C8H10ClNO2S. The van der Waals surface area contributed by atoms with Crippen LogP contribution in [0.25, 0.3) is 0 Å². The van der Waals surface area contributed by atoms with Gasteiger partial charge in [0, 0.05) is 4.88 Å². The molecule has 0 saturated carbocycles. The van der Waals surface area contributed by atoms with E-state index in [0.717, 1.165) is 10.6 Å². The van der Waals surface area contributed by atoms with Crippen molar-refractivity contribution >= 4 is 28.9 Å². The molecule has 1 rings (SSSR count). The number of carboxylic acids is 1. The molecule has 0 amide bonds. The lowest BCUT2D eigenvalue weighted by Crippen LogP contribution is -2.06. The summed E-state index contributed by atoms with van der Waals surface area (Å²) in [4.78, 5) is 15.7. The van der Waals surface area contributed by atoms with Gasteiger partial charge in [0.1, 0.15) is 10.9 Å². The van der Waals surface area contributed by atoms with Gasteiger partial charge < -0.3 is 5.11 Å². The third kappa shape index (κ3) is 2.19. The highest BCUT2D eigenvalue weighted by molar-refractivity contribution is 7.12. The van der Waals surface area contributed by atoms with Gasteiger partial charge in [0.05, 0.1) is 11.6 Å². The molecule has 0 aliphatic heterocycles. The normalized spacial score (nSPS) is 12.8. The van der Waals surface area contributed by atoms with Crippen LogP contribution in [0.5, 0.6) is 0 Å². The van der Waals surface area contributed by atoms with Crippen LogP contribution in [0, 0.1) is 6.92 Å². The molecule has 0 bridgehead atoms. The molecule has 13 heavy (non-hydrogen) atoms. The fourth-order valence-electron chi connectivity index (χ4n) is 0.865. The number of carbonyl (C=O) groups is 1. The van der Waals surface area contributed by atoms with Crippen molar-refractivity contribution in [2.45, 2.75) is 25.6 Å². The lowest BCUT2D eigenvalue weighted by atomic mass is 10.2. The van der Waals surface area contributed by atoms with Crippen molar-refractivity contribution in [2.75, 3.05) is 0 Å². The van der Waals surface area contributed by atoms with E-state index in [4.69, 9.17) is 16.7 Å². The number of alkyl halides is 1. The van der Waals surface area contributed by atoms with E-state index in [1.54, 1.807) is 6.92 Å². The van der Waals surface area contributed by atoms with Crippen LogP contribution >= 0.6 is 22.9 Å². The molecule has 1 aromatic heterocycles. The molecule has 1 unspecified atom stereocenters. The zero-order valence-corrected chi connectivity index (χ0v) is 8.95. The van der Waals surface area contributed by atoms with Crippen molar-refractivity contribution in [2.24, 2.45) is 0 Å². The molecular weight excluding hydrogens is 210 g/mol. The van der Waals surface area contributed by atoms with Crippen LogP contribution in [0.3, 0.4) is 0 Å². The van der Waals surface area contributed by atoms with Gasteiger partial charge in [0.2, 0.25) is 0 Å². The Balaban J connectivity index is 2.96. The summed E-state index contributed by atoms with van der Waals surface area (Å²) in [6, 6.07) is 0. The van der Waals surface area contributed by atoms with Gasteiger partial charge in [-0.25, -0.2) is 4.98 Å². The number of aliphatic carboxylic acids is 1. The standard InChI is InChI=1S/C8H10ClNO2S/c1-4(8(11)12)7-10-5(2)6(3-9)13-7/h4H,3H2,1-2H3,(H,11,12). The van der Waals surface area contributed by atoms with Crippen LogP contribution in [0.15, 0.2) is 0 Å². The van der Waals surface area contributed by atoms with E-state index in [1.165, 1.54) is 11.3 Å². The van der Waals surface area contributed by atoms with E-state index in [1.807, 2.05) is 6.92 Å². The summed E-state index contributed by atoms with van der Waals surface area (Å²) in [5.41, 5.74) is 0.836.